The summed E-state index contributed by atoms with van der Waals surface area (Å²) in [6, 6.07) is 6.06. The minimum atomic E-state index is -3.79. The number of amides is 1. The number of ether oxygens (including phenoxy) is 1. The average molecular weight is 306 g/mol. The van der Waals surface area contributed by atoms with Gasteiger partial charge >= 0.3 is 0 Å². The first-order chi connectivity index (χ1) is 8.91. The Kier molecular flexibility index (Phi) is 5.78. The molecule has 0 aliphatic rings. The van der Waals surface area contributed by atoms with E-state index in [4.69, 9.17) is 16.3 Å². The fourth-order valence-corrected chi connectivity index (χ4v) is 3.24. The lowest BCUT2D eigenvalue weighted by atomic mass is 10.4. The molecule has 0 aromatic heterocycles. The molecule has 5 nitrogen and oxygen atoms in total. The molecule has 0 fully saturated rings. The Balaban J connectivity index is 2.89. The van der Waals surface area contributed by atoms with Crippen LogP contribution in [0.15, 0.2) is 29.2 Å². The van der Waals surface area contributed by atoms with Gasteiger partial charge in [-0.3, -0.25) is 4.79 Å². The molecule has 0 aliphatic heterocycles. The van der Waals surface area contributed by atoms with Crippen molar-refractivity contribution < 1.29 is 17.9 Å². The minimum absolute atomic E-state index is 0.0361. The van der Waals surface area contributed by atoms with Gasteiger partial charge < -0.3 is 10.1 Å². The van der Waals surface area contributed by atoms with E-state index < -0.39 is 21.0 Å². The molecule has 0 spiro atoms. The van der Waals surface area contributed by atoms with Gasteiger partial charge in [-0.05, 0) is 19.1 Å². The first-order valence-electron chi connectivity index (χ1n) is 5.66. The highest BCUT2D eigenvalue weighted by Gasteiger charge is 2.30. The zero-order valence-corrected chi connectivity index (χ0v) is 12.3. The van der Waals surface area contributed by atoms with E-state index in [-0.39, 0.29) is 16.5 Å². The molecule has 1 amide bonds. The maximum Gasteiger partial charge on any atom is 0.238 e. The Bertz CT molecular complexity index is 544. The molecule has 1 unspecified atom stereocenters. The van der Waals surface area contributed by atoms with Crippen LogP contribution in [-0.2, 0) is 19.4 Å². The van der Waals surface area contributed by atoms with Gasteiger partial charge in [0.1, 0.15) is 5.25 Å². The summed E-state index contributed by atoms with van der Waals surface area (Å²) in [7, 11) is -2.29. The van der Waals surface area contributed by atoms with Crippen LogP contribution in [0.25, 0.3) is 0 Å². The summed E-state index contributed by atoms with van der Waals surface area (Å²) in [5.74, 6) is -0.572. The summed E-state index contributed by atoms with van der Waals surface area (Å²) >= 11 is 5.85. The van der Waals surface area contributed by atoms with Crippen LogP contribution in [0.4, 0.5) is 0 Å². The van der Waals surface area contributed by atoms with E-state index in [2.05, 4.69) is 5.32 Å². The number of carbonyl (C=O) groups excluding carboxylic acids is 1. The van der Waals surface area contributed by atoms with Gasteiger partial charge in [0.05, 0.1) is 16.5 Å². The number of halogens is 1. The fourth-order valence-electron chi connectivity index (χ4n) is 1.43. The Morgan fingerprint density at radius 3 is 2.63 bits per heavy atom. The first kappa shape index (κ1) is 15.9. The second kappa shape index (κ2) is 6.88. The maximum absolute atomic E-state index is 12.3. The van der Waals surface area contributed by atoms with E-state index in [0.717, 1.165) is 0 Å². The number of carbonyl (C=O) groups is 1. The van der Waals surface area contributed by atoms with Gasteiger partial charge in [-0.2, -0.15) is 0 Å². The highest BCUT2D eigenvalue weighted by Crippen LogP contribution is 2.24. The van der Waals surface area contributed by atoms with Crippen LogP contribution in [0.2, 0.25) is 5.02 Å². The monoisotopic (exact) mass is 305 g/mol. The van der Waals surface area contributed by atoms with E-state index in [9.17, 15) is 13.2 Å². The molecule has 1 atom stereocenters. The Morgan fingerprint density at radius 2 is 2.05 bits per heavy atom. The molecule has 1 rings (SSSR count). The van der Waals surface area contributed by atoms with Crippen molar-refractivity contribution in [3.63, 3.8) is 0 Å². The Labute approximate surface area is 117 Å². The third-order valence-electron chi connectivity index (χ3n) is 2.58. The largest absolute Gasteiger partial charge is 0.383 e. The predicted molar refractivity (Wildman–Crippen MR) is 73.0 cm³/mol. The van der Waals surface area contributed by atoms with Gasteiger partial charge in [-0.15, -0.1) is 0 Å². The molecule has 19 heavy (non-hydrogen) atoms. The van der Waals surface area contributed by atoms with E-state index >= 15 is 0 Å². The topological polar surface area (TPSA) is 72.5 Å². The van der Waals surface area contributed by atoms with Crippen molar-refractivity contribution >= 4 is 27.3 Å². The van der Waals surface area contributed by atoms with Crippen molar-refractivity contribution in [2.75, 3.05) is 20.3 Å². The number of rotatable bonds is 6. The van der Waals surface area contributed by atoms with Gasteiger partial charge in [0, 0.05) is 13.7 Å². The predicted octanol–water partition coefficient (Wildman–Crippen LogP) is 1.26. The van der Waals surface area contributed by atoms with Crippen molar-refractivity contribution in [2.24, 2.45) is 0 Å². The molecule has 0 bridgehead atoms. The SMILES string of the molecule is COCCNC(=O)C(C)S(=O)(=O)c1ccccc1Cl. The minimum Gasteiger partial charge on any atom is -0.383 e. The zero-order valence-electron chi connectivity index (χ0n) is 10.7. The van der Waals surface area contributed by atoms with Crippen molar-refractivity contribution in [3.05, 3.63) is 29.3 Å². The normalized spacial score (nSPS) is 13.0. The summed E-state index contributed by atoms with van der Waals surface area (Å²) in [4.78, 5) is 11.7. The quantitative estimate of drug-likeness (QED) is 0.803. The van der Waals surface area contributed by atoms with E-state index in [1.54, 1.807) is 12.1 Å². The van der Waals surface area contributed by atoms with Gasteiger partial charge in [-0.25, -0.2) is 8.42 Å². The summed E-state index contributed by atoms with van der Waals surface area (Å²) in [6.45, 7) is 1.92. The first-order valence-corrected chi connectivity index (χ1v) is 7.58. The number of hydrogen-bond acceptors (Lipinski definition) is 4. The van der Waals surface area contributed by atoms with Gasteiger partial charge in [0.25, 0.3) is 0 Å². The summed E-state index contributed by atoms with van der Waals surface area (Å²) in [5, 5.41) is 1.40. The van der Waals surface area contributed by atoms with Crippen molar-refractivity contribution in [1.29, 1.82) is 0 Å². The lowest BCUT2D eigenvalue weighted by molar-refractivity contribution is -0.120. The molecule has 7 heteroatoms. The lowest BCUT2D eigenvalue weighted by Crippen LogP contribution is -2.39. The molecule has 1 N–H and O–H groups in total. The van der Waals surface area contributed by atoms with E-state index in [1.807, 2.05) is 0 Å². The number of methoxy groups -OCH3 is 1. The van der Waals surface area contributed by atoms with Crippen LogP contribution < -0.4 is 5.32 Å². The van der Waals surface area contributed by atoms with E-state index in [1.165, 1.54) is 26.2 Å². The second-order valence-corrected chi connectivity index (χ2v) is 6.55. The van der Waals surface area contributed by atoms with Gasteiger partial charge in [-0.1, -0.05) is 23.7 Å². The van der Waals surface area contributed by atoms with Gasteiger partial charge in [0.2, 0.25) is 5.91 Å². The van der Waals surface area contributed by atoms with Crippen molar-refractivity contribution in [2.45, 2.75) is 17.1 Å². The smallest absolute Gasteiger partial charge is 0.238 e. The molecular formula is C12H16ClNO4S. The number of hydrogen-bond donors (Lipinski definition) is 1. The number of nitrogens with one attached hydrogen (secondary N) is 1. The van der Waals surface area contributed by atoms with Crippen LogP contribution >= 0.6 is 11.6 Å². The third kappa shape index (κ3) is 3.92. The van der Waals surface area contributed by atoms with Crippen LogP contribution in [0.3, 0.4) is 0 Å². The fraction of sp³-hybridized carbons (Fsp3) is 0.417. The molecule has 1 aromatic rings. The molecular weight excluding hydrogens is 290 g/mol. The molecule has 0 heterocycles. The molecule has 1 aromatic carbocycles. The second-order valence-electron chi connectivity index (χ2n) is 3.90. The molecule has 0 radical (unpaired) electrons. The lowest BCUT2D eigenvalue weighted by Gasteiger charge is -2.14. The molecule has 0 saturated carbocycles. The van der Waals surface area contributed by atoms with Crippen LogP contribution in [0.1, 0.15) is 6.92 Å². The summed E-state index contributed by atoms with van der Waals surface area (Å²) in [6.07, 6.45) is 0. The van der Waals surface area contributed by atoms with Gasteiger partial charge in [0.15, 0.2) is 9.84 Å². The van der Waals surface area contributed by atoms with Crippen LogP contribution in [0, 0.1) is 0 Å². The molecule has 0 aliphatic carbocycles. The zero-order chi connectivity index (χ0) is 14.5. The summed E-state index contributed by atoms with van der Waals surface area (Å²) < 4.78 is 29.3. The molecule has 106 valence electrons. The third-order valence-corrected chi connectivity index (χ3v) is 5.14. The number of sulfone groups is 1. The highest BCUT2D eigenvalue weighted by atomic mass is 35.5. The Hall–Kier alpha value is -1.11. The summed E-state index contributed by atoms with van der Waals surface area (Å²) in [5.41, 5.74) is 0. The average Bonchev–Trinajstić information content (AvgIpc) is 2.38. The van der Waals surface area contributed by atoms with E-state index in [0.29, 0.717) is 6.61 Å². The van der Waals surface area contributed by atoms with Crippen LogP contribution in [0.5, 0.6) is 0 Å². The maximum atomic E-state index is 12.3. The molecule has 0 saturated heterocycles. The van der Waals surface area contributed by atoms with Crippen molar-refractivity contribution in [3.8, 4) is 0 Å². The highest BCUT2D eigenvalue weighted by molar-refractivity contribution is 7.92. The van der Waals surface area contributed by atoms with Crippen LogP contribution in [-0.4, -0.2) is 39.8 Å². The van der Waals surface area contributed by atoms with Crippen molar-refractivity contribution in [1.82, 2.24) is 5.32 Å². The standard InChI is InChI=1S/C12H16ClNO4S/c1-9(12(15)14-7-8-18-2)19(16,17)11-6-4-3-5-10(11)13/h3-6,9H,7-8H2,1-2H3,(H,14,15). The Morgan fingerprint density at radius 1 is 1.42 bits per heavy atom. The number of benzene rings is 1.